The zero-order valence-corrected chi connectivity index (χ0v) is 10.7. The standard InChI is InChI=1S/C12H14ClNOS/c1-2-6-16-10-7-11(15)14-12-8(10)4-3-5-9(12)13/h3-5,10H,2,6-7H2,1H3,(H,14,15). The van der Waals surface area contributed by atoms with E-state index in [2.05, 4.69) is 12.2 Å². The summed E-state index contributed by atoms with van der Waals surface area (Å²) in [6, 6.07) is 5.81. The smallest absolute Gasteiger partial charge is 0.225 e. The lowest BCUT2D eigenvalue weighted by Crippen LogP contribution is -2.22. The van der Waals surface area contributed by atoms with Crippen LogP contribution in [0.2, 0.25) is 5.02 Å². The van der Waals surface area contributed by atoms with Gasteiger partial charge in [0.25, 0.3) is 0 Å². The highest BCUT2D eigenvalue weighted by Gasteiger charge is 2.26. The lowest BCUT2D eigenvalue weighted by molar-refractivity contribution is -0.116. The van der Waals surface area contributed by atoms with E-state index in [4.69, 9.17) is 11.6 Å². The lowest BCUT2D eigenvalue weighted by Gasteiger charge is -2.25. The number of carbonyl (C=O) groups excluding carboxylic acids is 1. The quantitative estimate of drug-likeness (QED) is 0.889. The molecule has 0 saturated heterocycles. The number of rotatable bonds is 3. The number of halogens is 1. The minimum atomic E-state index is 0.0641. The van der Waals surface area contributed by atoms with Gasteiger partial charge in [0, 0.05) is 11.7 Å². The van der Waals surface area contributed by atoms with Crippen LogP contribution in [0.4, 0.5) is 5.69 Å². The fraction of sp³-hybridized carbons (Fsp3) is 0.417. The molecule has 4 heteroatoms. The molecule has 0 saturated carbocycles. The molecule has 0 aliphatic carbocycles. The van der Waals surface area contributed by atoms with Crippen molar-refractivity contribution in [1.29, 1.82) is 0 Å². The summed E-state index contributed by atoms with van der Waals surface area (Å²) in [6.07, 6.45) is 1.68. The number of amides is 1. The van der Waals surface area contributed by atoms with E-state index in [0.717, 1.165) is 23.4 Å². The maximum absolute atomic E-state index is 11.6. The predicted molar refractivity (Wildman–Crippen MR) is 70.2 cm³/mol. The van der Waals surface area contributed by atoms with E-state index in [1.54, 1.807) is 0 Å². The van der Waals surface area contributed by atoms with Crippen molar-refractivity contribution in [2.75, 3.05) is 11.1 Å². The molecule has 1 aliphatic rings. The largest absolute Gasteiger partial charge is 0.324 e. The van der Waals surface area contributed by atoms with Gasteiger partial charge in [-0.3, -0.25) is 4.79 Å². The van der Waals surface area contributed by atoms with Crippen LogP contribution in [0.15, 0.2) is 18.2 Å². The van der Waals surface area contributed by atoms with Crippen LogP contribution in [0.25, 0.3) is 0 Å². The van der Waals surface area contributed by atoms with Crippen LogP contribution in [0.3, 0.4) is 0 Å². The molecule has 0 fully saturated rings. The highest BCUT2D eigenvalue weighted by atomic mass is 35.5. The molecule has 86 valence electrons. The van der Waals surface area contributed by atoms with Crippen molar-refractivity contribution in [3.05, 3.63) is 28.8 Å². The number of anilines is 1. The third-order valence-corrected chi connectivity index (χ3v) is 4.33. The fourth-order valence-electron chi connectivity index (χ4n) is 1.82. The molecule has 1 aromatic carbocycles. The molecular formula is C12H14ClNOS. The molecule has 1 aromatic rings. The van der Waals surface area contributed by atoms with Crippen molar-refractivity contribution in [3.8, 4) is 0 Å². The second-order valence-electron chi connectivity index (χ2n) is 3.82. The second kappa shape index (κ2) is 5.11. The Morgan fingerprint density at radius 1 is 1.56 bits per heavy atom. The first-order valence-corrected chi connectivity index (χ1v) is 6.85. The van der Waals surface area contributed by atoms with Crippen LogP contribution in [-0.4, -0.2) is 11.7 Å². The summed E-state index contributed by atoms with van der Waals surface area (Å²) >= 11 is 7.92. The highest BCUT2D eigenvalue weighted by Crippen LogP contribution is 2.42. The average Bonchev–Trinajstić information content (AvgIpc) is 2.27. The monoisotopic (exact) mass is 255 g/mol. The van der Waals surface area contributed by atoms with Gasteiger partial charge in [-0.2, -0.15) is 11.8 Å². The van der Waals surface area contributed by atoms with Crippen LogP contribution in [-0.2, 0) is 4.79 Å². The van der Waals surface area contributed by atoms with Gasteiger partial charge in [-0.25, -0.2) is 0 Å². The van der Waals surface area contributed by atoms with Gasteiger partial charge in [0.2, 0.25) is 5.91 Å². The lowest BCUT2D eigenvalue weighted by atomic mass is 10.0. The first kappa shape index (κ1) is 11.8. The highest BCUT2D eigenvalue weighted by molar-refractivity contribution is 7.99. The molecule has 0 spiro atoms. The summed E-state index contributed by atoms with van der Waals surface area (Å²) < 4.78 is 0. The Labute approximate surface area is 105 Å². The van der Waals surface area contributed by atoms with Gasteiger partial charge in [0.1, 0.15) is 0 Å². The summed E-state index contributed by atoms with van der Waals surface area (Å²) in [6.45, 7) is 2.15. The Morgan fingerprint density at radius 3 is 3.12 bits per heavy atom. The average molecular weight is 256 g/mol. The first-order valence-electron chi connectivity index (χ1n) is 5.42. The molecule has 0 radical (unpaired) electrons. The van der Waals surface area contributed by atoms with Gasteiger partial charge in [-0.1, -0.05) is 30.7 Å². The Bertz CT molecular complexity index is 408. The topological polar surface area (TPSA) is 29.1 Å². The van der Waals surface area contributed by atoms with Crippen LogP contribution in [0, 0.1) is 0 Å². The SMILES string of the molecule is CCCSC1CC(=O)Nc2c(Cl)cccc21. The van der Waals surface area contributed by atoms with Gasteiger partial charge < -0.3 is 5.32 Å². The molecule has 0 bridgehead atoms. The van der Waals surface area contributed by atoms with Crippen molar-refractivity contribution in [1.82, 2.24) is 0 Å². The van der Waals surface area contributed by atoms with Gasteiger partial charge in [-0.15, -0.1) is 0 Å². The molecule has 1 unspecified atom stereocenters. The fourth-order valence-corrected chi connectivity index (χ4v) is 3.21. The molecular weight excluding hydrogens is 242 g/mol. The summed E-state index contributed by atoms with van der Waals surface area (Å²) in [5, 5.41) is 3.73. The zero-order chi connectivity index (χ0) is 11.5. The van der Waals surface area contributed by atoms with Gasteiger partial charge in [0.05, 0.1) is 10.7 Å². The van der Waals surface area contributed by atoms with Crippen molar-refractivity contribution in [2.45, 2.75) is 25.0 Å². The van der Waals surface area contributed by atoms with E-state index < -0.39 is 0 Å². The Kier molecular flexibility index (Phi) is 3.77. The molecule has 2 nitrogen and oxygen atoms in total. The number of para-hydroxylation sites is 1. The third-order valence-electron chi connectivity index (χ3n) is 2.55. The Balaban J connectivity index is 2.30. The summed E-state index contributed by atoms with van der Waals surface area (Å²) in [5.41, 5.74) is 1.96. The number of fused-ring (bicyclic) bond motifs is 1. The van der Waals surface area contributed by atoms with E-state index in [9.17, 15) is 4.79 Å². The maximum atomic E-state index is 11.6. The molecule has 16 heavy (non-hydrogen) atoms. The first-order chi connectivity index (χ1) is 7.72. The summed E-state index contributed by atoms with van der Waals surface area (Å²) in [5.74, 6) is 1.14. The molecule has 1 aliphatic heterocycles. The summed E-state index contributed by atoms with van der Waals surface area (Å²) in [7, 11) is 0. The normalized spacial score (nSPS) is 19.1. The molecule has 1 heterocycles. The molecule has 1 amide bonds. The van der Waals surface area contributed by atoms with E-state index in [0.29, 0.717) is 11.4 Å². The number of benzene rings is 1. The number of hydrogen-bond donors (Lipinski definition) is 1. The number of carbonyl (C=O) groups is 1. The Hall–Kier alpha value is -0.670. The van der Waals surface area contributed by atoms with Crippen LogP contribution >= 0.6 is 23.4 Å². The molecule has 1 N–H and O–H groups in total. The molecule has 0 aromatic heterocycles. The van der Waals surface area contributed by atoms with Crippen LogP contribution < -0.4 is 5.32 Å². The summed E-state index contributed by atoms with van der Waals surface area (Å²) in [4.78, 5) is 11.6. The molecule has 2 rings (SSSR count). The Morgan fingerprint density at radius 2 is 2.38 bits per heavy atom. The van der Waals surface area contributed by atoms with Crippen molar-refractivity contribution < 1.29 is 4.79 Å². The zero-order valence-electron chi connectivity index (χ0n) is 9.13. The minimum Gasteiger partial charge on any atom is -0.324 e. The van der Waals surface area contributed by atoms with Crippen molar-refractivity contribution in [2.24, 2.45) is 0 Å². The minimum absolute atomic E-state index is 0.0641. The van der Waals surface area contributed by atoms with Gasteiger partial charge >= 0.3 is 0 Å². The van der Waals surface area contributed by atoms with E-state index >= 15 is 0 Å². The van der Waals surface area contributed by atoms with E-state index in [-0.39, 0.29) is 11.2 Å². The van der Waals surface area contributed by atoms with E-state index in [1.807, 2.05) is 30.0 Å². The predicted octanol–water partition coefficient (Wildman–Crippen LogP) is 3.87. The number of thioether (sulfide) groups is 1. The van der Waals surface area contributed by atoms with Gasteiger partial charge in [-0.05, 0) is 23.8 Å². The third kappa shape index (κ3) is 2.36. The van der Waals surface area contributed by atoms with Gasteiger partial charge in [0.15, 0.2) is 0 Å². The van der Waals surface area contributed by atoms with Crippen LogP contribution in [0.1, 0.15) is 30.6 Å². The maximum Gasteiger partial charge on any atom is 0.225 e. The number of hydrogen-bond acceptors (Lipinski definition) is 2. The van der Waals surface area contributed by atoms with Crippen molar-refractivity contribution >= 4 is 35.0 Å². The molecule has 1 atom stereocenters. The number of nitrogens with one attached hydrogen (secondary N) is 1. The second-order valence-corrected chi connectivity index (χ2v) is 5.53. The van der Waals surface area contributed by atoms with E-state index in [1.165, 1.54) is 0 Å². The van der Waals surface area contributed by atoms with Crippen molar-refractivity contribution in [3.63, 3.8) is 0 Å². The van der Waals surface area contributed by atoms with Crippen LogP contribution in [0.5, 0.6) is 0 Å².